The molecule has 8 heteroatoms. The number of halogens is 1. The summed E-state index contributed by atoms with van der Waals surface area (Å²) >= 11 is 10.9. The van der Waals surface area contributed by atoms with Crippen molar-refractivity contribution in [2.45, 2.75) is 31.0 Å². The van der Waals surface area contributed by atoms with Crippen LogP contribution in [-0.4, -0.2) is 43.0 Å². The highest BCUT2D eigenvalue weighted by Crippen LogP contribution is 2.25. The van der Waals surface area contributed by atoms with Gasteiger partial charge in [-0.05, 0) is 32.0 Å². The standard InChI is InChI=1S/C13H17ClN2O3S2/c1-8-6-16(7-9(2)19-8)21(17,18)10-3-4-11(13(15)20)12(14)5-10/h3-5,8-9H,6-7H2,1-2H3,(H2,15,20)/t8-,9+. The fourth-order valence-electron chi connectivity index (χ4n) is 2.33. The summed E-state index contributed by atoms with van der Waals surface area (Å²) in [5.74, 6) is 0. The van der Waals surface area contributed by atoms with Crippen LogP contribution < -0.4 is 5.73 Å². The van der Waals surface area contributed by atoms with Crippen molar-refractivity contribution in [2.75, 3.05) is 13.1 Å². The number of thiocarbonyl (C=S) groups is 1. The lowest BCUT2D eigenvalue weighted by Gasteiger charge is -2.34. The van der Waals surface area contributed by atoms with Gasteiger partial charge in [0.05, 0.1) is 22.1 Å². The third-order valence-corrected chi connectivity index (χ3v) is 5.59. The molecule has 1 heterocycles. The van der Waals surface area contributed by atoms with E-state index in [-0.39, 0.29) is 27.1 Å². The van der Waals surface area contributed by atoms with Crippen LogP contribution in [0.5, 0.6) is 0 Å². The lowest BCUT2D eigenvalue weighted by molar-refractivity contribution is -0.0440. The lowest BCUT2D eigenvalue weighted by atomic mass is 10.2. The third kappa shape index (κ3) is 3.54. The summed E-state index contributed by atoms with van der Waals surface area (Å²) in [5.41, 5.74) is 5.99. The summed E-state index contributed by atoms with van der Waals surface area (Å²) in [6, 6.07) is 4.39. The number of rotatable bonds is 3. The van der Waals surface area contributed by atoms with Crippen LogP contribution >= 0.6 is 23.8 Å². The number of nitrogens with two attached hydrogens (primary N) is 1. The molecule has 0 bridgehead atoms. The molecule has 0 amide bonds. The van der Waals surface area contributed by atoms with Crippen molar-refractivity contribution in [1.29, 1.82) is 0 Å². The van der Waals surface area contributed by atoms with Crippen LogP contribution in [0.25, 0.3) is 0 Å². The Bertz CT molecular complexity index is 653. The van der Waals surface area contributed by atoms with Crippen LogP contribution in [0.15, 0.2) is 23.1 Å². The molecule has 0 radical (unpaired) electrons. The molecule has 0 aliphatic carbocycles. The number of ether oxygens (including phenoxy) is 1. The Morgan fingerprint density at radius 3 is 2.43 bits per heavy atom. The number of hydrogen-bond donors (Lipinski definition) is 1. The maximum Gasteiger partial charge on any atom is 0.243 e. The highest BCUT2D eigenvalue weighted by atomic mass is 35.5. The first-order valence-corrected chi connectivity index (χ1v) is 8.69. The Kier molecular flexibility index (Phi) is 4.89. The minimum absolute atomic E-state index is 0.133. The van der Waals surface area contributed by atoms with Gasteiger partial charge in [-0.1, -0.05) is 23.8 Å². The first-order chi connectivity index (χ1) is 9.71. The van der Waals surface area contributed by atoms with E-state index in [9.17, 15) is 8.42 Å². The first-order valence-electron chi connectivity index (χ1n) is 6.46. The average molecular weight is 349 g/mol. The maximum atomic E-state index is 12.7. The quantitative estimate of drug-likeness (QED) is 0.843. The molecule has 2 rings (SSSR count). The van der Waals surface area contributed by atoms with Gasteiger partial charge in [-0.25, -0.2) is 8.42 Å². The Labute approximate surface area is 135 Å². The molecule has 1 aromatic rings. The fourth-order valence-corrected chi connectivity index (χ4v) is 4.53. The monoisotopic (exact) mass is 348 g/mol. The fraction of sp³-hybridized carbons (Fsp3) is 0.462. The van der Waals surface area contributed by atoms with Gasteiger partial charge in [0.15, 0.2) is 0 Å². The van der Waals surface area contributed by atoms with Crippen molar-refractivity contribution in [3.63, 3.8) is 0 Å². The first kappa shape index (κ1) is 16.6. The molecular weight excluding hydrogens is 332 g/mol. The van der Waals surface area contributed by atoms with Gasteiger partial charge < -0.3 is 10.5 Å². The molecule has 0 saturated carbocycles. The van der Waals surface area contributed by atoms with Crippen LogP contribution in [0.2, 0.25) is 5.02 Å². The largest absolute Gasteiger partial charge is 0.389 e. The van der Waals surface area contributed by atoms with Crippen LogP contribution in [0, 0.1) is 0 Å². The highest BCUT2D eigenvalue weighted by Gasteiger charge is 2.32. The summed E-state index contributed by atoms with van der Waals surface area (Å²) in [7, 11) is -3.61. The van der Waals surface area contributed by atoms with Crippen molar-refractivity contribution in [3.05, 3.63) is 28.8 Å². The van der Waals surface area contributed by atoms with Crippen LogP contribution in [0.4, 0.5) is 0 Å². The summed E-state index contributed by atoms with van der Waals surface area (Å²) in [4.78, 5) is 0.270. The maximum absolute atomic E-state index is 12.7. The molecular formula is C13H17ClN2O3S2. The van der Waals surface area contributed by atoms with E-state index in [0.717, 1.165) is 0 Å². The number of nitrogens with zero attached hydrogens (tertiary/aromatic N) is 1. The SMILES string of the molecule is C[C@@H]1CN(S(=O)(=O)c2ccc(C(N)=S)c(Cl)c2)C[C@H](C)O1. The molecule has 116 valence electrons. The second kappa shape index (κ2) is 6.18. The van der Waals surface area contributed by atoms with Crippen molar-refractivity contribution >= 4 is 38.8 Å². The van der Waals surface area contributed by atoms with Gasteiger partial charge >= 0.3 is 0 Å². The zero-order valence-electron chi connectivity index (χ0n) is 11.7. The van der Waals surface area contributed by atoms with Crippen molar-refractivity contribution < 1.29 is 13.2 Å². The summed E-state index contributed by atoms with van der Waals surface area (Å²) in [5, 5.41) is 0.234. The van der Waals surface area contributed by atoms with E-state index >= 15 is 0 Å². The molecule has 1 aliphatic rings. The molecule has 1 aliphatic heterocycles. The Morgan fingerprint density at radius 1 is 1.38 bits per heavy atom. The zero-order chi connectivity index (χ0) is 15.8. The molecule has 5 nitrogen and oxygen atoms in total. The van der Waals surface area contributed by atoms with Gasteiger partial charge in [-0.15, -0.1) is 0 Å². The van der Waals surface area contributed by atoms with E-state index < -0.39 is 10.0 Å². The predicted octanol–water partition coefficient (Wildman–Crippen LogP) is 1.77. The van der Waals surface area contributed by atoms with Crippen LogP contribution in [-0.2, 0) is 14.8 Å². The number of benzene rings is 1. The number of morpholine rings is 1. The van der Waals surface area contributed by atoms with Gasteiger partial charge in [-0.2, -0.15) is 4.31 Å². The summed E-state index contributed by atoms with van der Waals surface area (Å²) < 4.78 is 32.3. The van der Waals surface area contributed by atoms with E-state index in [2.05, 4.69) is 0 Å². The topological polar surface area (TPSA) is 72.6 Å². The minimum Gasteiger partial charge on any atom is -0.389 e. The molecule has 21 heavy (non-hydrogen) atoms. The van der Waals surface area contributed by atoms with Crippen LogP contribution in [0.1, 0.15) is 19.4 Å². The lowest BCUT2D eigenvalue weighted by Crippen LogP contribution is -2.48. The van der Waals surface area contributed by atoms with E-state index in [1.165, 1.54) is 22.5 Å². The molecule has 1 fully saturated rings. The third-order valence-electron chi connectivity index (χ3n) is 3.23. The second-order valence-corrected chi connectivity index (χ2v) is 7.87. The smallest absolute Gasteiger partial charge is 0.243 e. The molecule has 0 spiro atoms. The Morgan fingerprint density at radius 2 is 1.95 bits per heavy atom. The van der Waals surface area contributed by atoms with Gasteiger partial charge in [0, 0.05) is 18.7 Å². The molecule has 0 unspecified atom stereocenters. The predicted molar refractivity (Wildman–Crippen MR) is 86.1 cm³/mol. The molecule has 1 aromatic carbocycles. The van der Waals surface area contributed by atoms with Crippen molar-refractivity contribution in [2.24, 2.45) is 5.73 Å². The van der Waals surface area contributed by atoms with E-state index in [1.54, 1.807) is 0 Å². The summed E-state index contributed by atoms with van der Waals surface area (Å²) in [6.45, 7) is 4.34. The van der Waals surface area contributed by atoms with Crippen molar-refractivity contribution in [1.82, 2.24) is 4.31 Å². The van der Waals surface area contributed by atoms with Gasteiger partial charge in [0.25, 0.3) is 0 Å². The Hall–Kier alpha value is -0.730. The average Bonchev–Trinajstić information content (AvgIpc) is 2.36. The van der Waals surface area contributed by atoms with Gasteiger partial charge in [0.1, 0.15) is 4.99 Å². The highest BCUT2D eigenvalue weighted by molar-refractivity contribution is 7.89. The number of hydrogen-bond acceptors (Lipinski definition) is 4. The molecule has 0 aromatic heterocycles. The summed E-state index contributed by atoms with van der Waals surface area (Å²) in [6.07, 6.45) is -0.287. The Balaban J connectivity index is 2.35. The second-order valence-electron chi connectivity index (χ2n) is 5.09. The van der Waals surface area contributed by atoms with E-state index in [0.29, 0.717) is 18.7 Å². The zero-order valence-corrected chi connectivity index (χ0v) is 14.1. The van der Waals surface area contributed by atoms with Gasteiger partial charge in [0.2, 0.25) is 10.0 Å². The van der Waals surface area contributed by atoms with Crippen molar-refractivity contribution in [3.8, 4) is 0 Å². The van der Waals surface area contributed by atoms with E-state index in [1.807, 2.05) is 13.8 Å². The van der Waals surface area contributed by atoms with Gasteiger partial charge in [-0.3, -0.25) is 0 Å². The minimum atomic E-state index is -3.61. The van der Waals surface area contributed by atoms with Crippen LogP contribution in [0.3, 0.4) is 0 Å². The molecule has 1 saturated heterocycles. The normalized spacial score (nSPS) is 24.0. The molecule has 2 atom stereocenters. The molecule has 2 N–H and O–H groups in total. The van der Waals surface area contributed by atoms with E-state index in [4.69, 9.17) is 34.3 Å². The number of sulfonamides is 1.